The van der Waals surface area contributed by atoms with Crippen molar-refractivity contribution in [2.24, 2.45) is 11.1 Å². The Balaban J connectivity index is 0.000000251. The smallest absolute Gasteiger partial charge is 0.163 e. The van der Waals surface area contributed by atoms with Crippen molar-refractivity contribution in [3.05, 3.63) is 153 Å². The van der Waals surface area contributed by atoms with E-state index >= 15 is 0 Å². The van der Waals surface area contributed by atoms with Gasteiger partial charge in [0.15, 0.2) is 34.6 Å². The molecule has 18 heteroatoms. The van der Waals surface area contributed by atoms with Crippen LogP contribution >= 0.6 is 35.1 Å². The number of hydrogen-bond acceptors (Lipinski definition) is 15. The zero-order valence-corrected chi connectivity index (χ0v) is 43.4. The maximum absolute atomic E-state index is 14.2. The molecule has 0 spiro atoms. The monoisotopic (exact) mass is 1040 g/mol. The van der Waals surface area contributed by atoms with Gasteiger partial charge >= 0.3 is 0 Å². The van der Waals surface area contributed by atoms with Gasteiger partial charge in [-0.3, -0.25) is 14.6 Å². The van der Waals surface area contributed by atoms with Gasteiger partial charge in [-0.15, -0.1) is 35.1 Å². The van der Waals surface area contributed by atoms with Crippen LogP contribution in [0.3, 0.4) is 0 Å². The maximum atomic E-state index is 14.2. The SMILES string of the molecule is CO/N=C(/CCC(=O)c1ccc(OC)c(OC)c1)c1cc(C)cc(-c2csc3c(F)cccc23)n1.CON.COc1ccc(C(=O)CCC(O)c2cc(C)cc(-c3csc4c(F)cccc34)n2)cc1OC.Cl. The van der Waals surface area contributed by atoms with Crippen LogP contribution in [0, 0.1) is 25.5 Å². The summed E-state index contributed by atoms with van der Waals surface area (Å²) in [4.78, 5) is 43.9. The van der Waals surface area contributed by atoms with Crippen molar-refractivity contribution in [3.63, 3.8) is 0 Å². The van der Waals surface area contributed by atoms with Crippen LogP contribution in [0.4, 0.5) is 8.78 Å². The van der Waals surface area contributed by atoms with Crippen LogP contribution in [-0.2, 0) is 9.68 Å². The largest absolute Gasteiger partial charge is 0.493 e. The molecular weight excluding hydrogens is 986 g/mol. The number of pyridine rings is 2. The number of methoxy groups -OCH3 is 4. The number of halogens is 3. The summed E-state index contributed by atoms with van der Waals surface area (Å²) in [5.41, 5.74) is 7.62. The van der Waals surface area contributed by atoms with Gasteiger partial charge in [-0.1, -0.05) is 29.4 Å². The number of fused-ring (bicyclic) bond motifs is 2. The van der Waals surface area contributed by atoms with Gasteiger partial charge in [0, 0.05) is 63.0 Å². The standard InChI is InChI=1S/C27H25FN2O4S.C26H24FNO4S.CH5NO.ClH/c1-16-12-22(19-15-35-27-18(19)6-5-7-20(27)28)29-23(13-16)21(30-34-4)9-10-24(31)17-8-11-25(32-2)26(14-17)33-3;1-15-11-20(18-14-33-26-17(18)5-4-6-19(26)27)28-21(12-15)23(30)9-8-22(29)16-7-10-24(31-2)25(13-16)32-3;1-3-2;/h5-8,11-15H,9-10H2,1-4H3;4-7,10-14,23,30H,8-9H2,1-3H3;2H2,1H3;1H/b30-21-;;;. The molecule has 0 saturated heterocycles. The molecule has 0 aliphatic carbocycles. The van der Waals surface area contributed by atoms with Crippen LogP contribution in [0.1, 0.15) is 75.0 Å². The third-order valence-corrected chi connectivity index (χ3v) is 13.1. The molecule has 4 aromatic heterocycles. The minimum atomic E-state index is -0.908. The highest BCUT2D eigenvalue weighted by molar-refractivity contribution is 7.18. The molecule has 3 N–H and O–H groups in total. The Morgan fingerprint density at radius 2 is 1.11 bits per heavy atom. The number of nitrogens with two attached hydrogens (primary N) is 1. The lowest BCUT2D eigenvalue weighted by Crippen LogP contribution is -2.10. The van der Waals surface area contributed by atoms with Crippen LogP contribution in [0.5, 0.6) is 23.0 Å². The molecule has 0 aliphatic heterocycles. The van der Waals surface area contributed by atoms with Gasteiger partial charge in [0.05, 0.1) is 73.8 Å². The summed E-state index contributed by atoms with van der Waals surface area (Å²) in [5.74, 6) is 5.74. The number of hydrogen-bond donors (Lipinski definition) is 2. The number of benzene rings is 4. The van der Waals surface area contributed by atoms with Gasteiger partial charge in [-0.2, -0.15) is 0 Å². The number of aryl methyl sites for hydroxylation is 2. The van der Waals surface area contributed by atoms with E-state index in [-0.39, 0.29) is 54.9 Å². The summed E-state index contributed by atoms with van der Waals surface area (Å²) in [5, 5.41) is 20.3. The molecule has 13 nitrogen and oxygen atoms in total. The average molecular weight is 1040 g/mol. The van der Waals surface area contributed by atoms with Crippen molar-refractivity contribution < 1.29 is 52.1 Å². The van der Waals surface area contributed by atoms with Crippen molar-refractivity contribution in [1.82, 2.24) is 9.97 Å². The number of ether oxygens (including phenoxy) is 4. The quantitative estimate of drug-likeness (QED) is 0.0503. The number of thiophene rings is 2. The summed E-state index contributed by atoms with van der Waals surface area (Å²) >= 11 is 2.68. The van der Waals surface area contributed by atoms with Crippen LogP contribution in [0.25, 0.3) is 42.7 Å². The Kier molecular flexibility index (Phi) is 20.7. The van der Waals surface area contributed by atoms with E-state index in [1.165, 1.54) is 70.4 Å². The highest BCUT2D eigenvalue weighted by Gasteiger charge is 2.20. The lowest BCUT2D eigenvalue weighted by Gasteiger charge is -2.13. The summed E-state index contributed by atoms with van der Waals surface area (Å²) in [6.07, 6.45) is -0.00378. The third kappa shape index (κ3) is 13.5. The first-order valence-electron chi connectivity index (χ1n) is 22.1. The predicted octanol–water partition coefficient (Wildman–Crippen LogP) is 12.5. The molecule has 0 amide bonds. The fraction of sp³-hybridized carbons (Fsp3) is 0.241. The molecule has 1 unspecified atom stereocenters. The van der Waals surface area contributed by atoms with Crippen molar-refractivity contribution in [1.29, 1.82) is 0 Å². The predicted molar refractivity (Wildman–Crippen MR) is 283 cm³/mol. The van der Waals surface area contributed by atoms with Gasteiger partial charge in [0.1, 0.15) is 24.5 Å². The fourth-order valence-corrected chi connectivity index (χ4v) is 9.62. The average Bonchev–Trinajstić information content (AvgIpc) is 4.03. The molecule has 4 heterocycles. The number of aromatic nitrogens is 2. The first-order valence-corrected chi connectivity index (χ1v) is 23.8. The van der Waals surface area contributed by atoms with Gasteiger partial charge < -0.3 is 33.7 Å². The second-order valence-corrected chi connectivity index (χ2v) is 17.7. The second-order valence-electron chi connectivity index (χ2n) is 15.9. The van der Waals surface area contributed by atoms with Gasteiger partial charge in [0.25, 0.3) is 0 Å². The molecule has 378 valence electrons. The summed E-state index contributed by atoms with van der Waals surface area (Å²) < 4.78 is 50.5. The van der Waals surface area contributed by atoms with Crippen molar-refractivity contribution >= 4 is 72.5 Å². The first-order chi connectivity index (χ1) is 34.3. The highest BCUT2D eigenvalue weighted by atomic mass is 35.5. The topological polar surface area (TPSA) is 174 Å². The molecule has 0 aliphatic rings. The summed E-state index contributed by atoms with van der Waals surface area (Å²) in [7, 11) is 8.99. The summed E-state index contributed by atoms with van der Waals surface area (Å²) in [6.45, 7) is 3.88. The number of rotatable bonds is 17. The van der Waals surface area contributed by atoms with Crippen LogP contribution in [0.2, 0.25) is 0 Å². The van der Waals surface area contributed by atoms with Gasteiger partial charge in [-0.25, -0.2) is 19.7 Å². The third-order valence-electron chi connectivity index (χ3n) is 11.1. The number of aliphatic hydroxyl groups is 1. The molecule has 0 radical (unpaired) electrons. The second kappa shape index (κ2) is 26.5. The number of oxime groups is 1. The lowest BCUT2D eigenvalue weighted by atomic mass is 10.0. The molecule has 8 rings (SSSR count). The maximum Gasteiger partial charge on any atom is 0.163 e. The van der Waals surface area contributed by atoms with E-state index in [0.29, 0.717) is 78.4 Å². The molecule has 0 saturated carbocycles. The summed E-state index contributed by atoms with van der Waals surface area (Å²) in [6, 6.07) is 27.7. The molecular formula is C54H55ClF2N4O9S2. The lowest BCUT2D eigenvalue weighted by molar-refractivity contribution is 0.0936. The molecule has 72 heavy (non-hydrogen) atoms. The van der Waals surface area contributed by atoms with Crippen molar-refractivity contribution in [2.45, 2.75) is 45.6 Å². The number of carbonyl (C=O) groups excluding carboxylic acids is 2. The van der Waals surface area contributed by atoms with E-state index in [4.69, 9.17) is 28.8 Å². The number of nitrogens with zero attached hydrogens (tertiary/aromatic N) is 3. The Morgan fingerprint density at radius 3 is 1.60 bits per heavy atom. The Hall–Kier alpha value is -6.86. The van der Waals surface area contributed by atoms with E-state index in [9.17, 15) is 23.5 Å². The Bertz CT molecular complexity index is 3180. The first kappa shape index (κ1) is 56.1. The Labute approximate surface area is 430 Å². The minimum absolute atomic E-state index is 0. The van der Waals surface area contributed by atoms with E-state index in [0.717, 1.165) is 33.0 Å². The molecule has 0 fully saturated rings. The van der Waals surface area contributed by atoms with E-state index in [1.54, 1.807) is 55.6 Å². The highest BCUT2D eigenvalue weighted by Crippen LogP contribution is 2.37. The van der Waals surface area contributed by atoms with Crippen LogP contribution < -0.4 is 24.8 Å². The number of Topliss-reactive ketones (excluding diaryl/α,β-unsaturated/α-hetero) is 2. The molecule has 1 atom stereocenters. The van der Waals surface area contributed by atoms with Crippen LogP contribution in [0.15, 0.2) is 113 Å². The molecule has 4 aromatic carbocycles. The zero-order valence-electron chi connectivity index (χ0n) is 40.9. The van der Waals surface area contributed by atoms with Crippen molar-refractivity contribution in [3.8, 4) is 45.5 Å². The number of aliphatic hydroxyl groups excluding tert-OH is 1. The van der Waals surface area contributed by atoms with E-state index in [1.807, 2.05) is 61.0 Å². The van der Waals surface area contributed by atoms with Crippen LogP contribution in [-0.4, -0.2) is 75.0 Å². The zero-order chi connectivity index (χ0) is 51.2. The molecule has 0 bridgehead atoms. The van der Waals surface area contributed by atoms with Gasteiger partial charge in [0.2, 0.25) is 0 Å². The number of carbonyl (C=O) groups is 2. The number of ketones is 2. The Morgan fingerprint density at radius 1 is 0.639 bits per heavy atom. The molecule has 8 aromatic rings. The van der Waals surface area contributed by atoms with Crippen molar-refractivity contribution in [2.75, 3.05) is 42.7 Å². The van der Waals surface area contributed by atoms with E-state index < -0.39 is 6.10 Å². The van der Waals surface area contributed by atoms with Gasteiger partial charge in [-0.05, 0) is 104 Å². The fourth-order valence-electron chi connectivity index (χ4n) is 7.68. The minimum Gasteiger partial charge on any atom is -0.493 e. The van der Waals surface area contributed by atoms with E-state index in [2.05, 4.69) is 20.9 Å². The normalized spacial score (nSPS) is 11.4.